The Morgan fingerprint density at radius 2 is 1.76 bits per heavy atom. The van der Waals surface area contributed by atoms with E-state index in [1.807, 2.05) is 18.3 Å². The Bertz CT molecular complexity index is 624. The minimum atomic E-state index is 0. The van der Waals surface area contributed by atoms with Gasteiger partial charge < -0.3 is 4.90 Å². The van der Waals surface area contributed by atoms with Crippen molar-refractivity contribution in [2.45, 2.75) is 52.4 Å². The largest absolute Gasteiger partial charge is 0.355 e. The first-order chi connectivity index (χ1) is 9.45. The number of hydrogen-bond acceptors (Lipinski definition) is 4. The number of hydrogen-bond donors (Lipinski definition) is 0. The van der Waals surface area contributed by atoms with Crippen molar-refractivity contribution in [2.75, 3.05) is 18.0 Å². The number of halogens is 1. The molecule has 0 N–H and O–H groups in total. The van der Waals surface area contributed by atoms with Crippen LogP contribution >= 0.6 is 23.7 Å². The predicted octanol–water partition coefficient (Wildman–Crippen LogP) is 4.71. The van der Waals surface area contributed by atoms with Gasteiger partial charge in [0.15, 0.2) is 0 Å². The average molecular weight is 326 g/mol. The second-order valence-corrected chi connectivity index (χ2v) is 7.77. The van der Waals surface area contributed by atoms with Crippen LogP contribution in [0.3, 0.4) is 0 Å². The van der Waals surface area contributed by atoms with Crippen molar-refractivity contribution >= 4 is 39.8 Å². The lowest BCUT2D eigenvalue weighted by atomic mass is 9.95. The molecule has 1 saturated heterocycles. The zero-order valence-corrected chi connectivity index (χ0v) is 14.9. The molecule has 3 nitrogen and oxygen atoms in total. The molecule has 0 aromatic carbocycles. The number of anilines is 1. The van der Waals surface area contributed by atoms with Gasteiger partial charge >= 0.3 is 0 Å². The van der Waals surface area contributed by atoms with Gasteiger partial charge in [-0.15, -0.1) is 23.7 Å². The normalized spacial score (nSPS) is 16.1. The topological polar surface area (TPSA) is 29.0 Å². The van der Waals surface area contributed by atoms with Crippen LogP contribution < -0.4 is 4.90 Å². The summed E-state index contributed by atoms with van der Waals surface area (Å²) in [4.78, 5) is 13.2. The first-order valence-electron chi connectivity index (χ1n) is 7.49. The first kappa shape index (κ1) is 16.5. The van der Waals surface area contributed by atoms with E-state index in [-0.39, 0.29) is 17.8 Å². The Morgan fingerprint density at radius 3 is 2.38 bits per heavy atom. The molecular weight excluding hydrogens is 302 g/mol. The molecule has 0 unspecified atom stereocenters. The zero-order chi connectivity index (χ0) is 14.3. The van der Waals surface area contributed by atoms with Crippen molar-refractivity contribution in [1.82, 2.24) is 9.97 Å². The van der Waals surface area contributed by atoms with Crippen molar-refractivity contribution in [1.29, 1.82) is 0 Å². The van der Waals surface area contributed by atoms with Crippen LogP contribution in [0, 0.1) is 6.92 Å². The Hall–Kier alpha value is -0.870. The van der Waals surface area contributed by atoms with Gasteiger partial charge in [-0.1, -0.05) is 20.8 Å². The number of piperidine rings is 1. The fourth-order valence-corrected chi connectivity index (χ4v) is 3.89. The predicted molar refractivity (Wildman–Crippen MR) is 94.2 cm³/mol. The maximum Gasteiger partial charge on any atom is 0.150 e. The first-order valence-corrected chi connectivity index (χ1v) is 8.30. The van der Waals surface area contributed by atoms with Gasteiger partial charge in [0.1, 0.15) is 11.6 Å². The lowest BCUT2D eigenvalue weighted by molar-refractivity contribution is 0.574. The quantitative estimate of drug-likeness (QED) is 0.760. The molecule has 0 amide bonds. The highest BCUT2D eigenvalue weighted by Gasteiger charge is 2.22. The molecular formula is C16H24ClN3S. The van der Waals surface area contributed by atoms with Crippen LogP contribution in [0.4, 0.5) is 5.82 Å². The van der Waals surface area contributed by atoms with E-state index < -0.39 is 0 Å². The van der Waals surface area contributed by atoms with E-state index >= 15 is 0 Å². The summed E-state index contributed by atoms with van der Waals surface area (Å²) in [5, 5.41) is 0. The van der Waals surface area contributed by atoms with Crippen molar-refractivity contribution in [3.8, 4) is 0 Å². The van der Waals surface area contributed by atoms with Gasteiger partial charge in [0, 0.05) is 18.0 Å². The van der Waals surface area contributed by atoms with E-state index in [0.29, 0.717) is 0 Å². The van der Waals surface area contributed by atoms with Crippen LogP contribution in [0.5, 0.6) is 0 Å². The highest BCUT2D eigenvalue weighted by Crippen LogP contribution is 2.38. The summed E-state index contributed by atoms with van der Waals surface area (Å²) in [6, 6.07) is 2.25. The number of fused-ring (bicyclic) bond motifs is 1. The fraction of sp³-hybridized carbons (Fsp3) is 0.625. The summed E-state index contributed by atoms with van der Waals surface area (Å²) in [6.07, 6.45) is 3.91. The third-order valence-electron chi connectivity index (χ3n) is 3.86. The fourth-order valence-electron chi connectivity index (χ4n) is 2.72. The standard InChI is InChI=1S/C16H23N3S.ClH/c1-11-17-12-10-13(16(2,3)4)20-14(12)15(18-11)19-8-6-5-7-9-19;/h10H,5-9H2,1-4H3;1H. The molecule has 3 rings (SSSR count). The van der Waals surface area contributed by atoms with E-state index in [9.17, 15) is 0 Å². The van der Waals surface area contributed by atoms with Gasteiger partial charge in [-0.05, 0) is 37.7 Å². The molecule has 0 spiro atoms. The van der Waals surface area contributed by atoms with E-state index in [2.05, 4.69) is 36.7 Å². The molecule has 21 heavy (non-hydrogen) atoms. The van der Waals surface area contributed by atoms with Crippen LogP contribution in [0.15, 0.2) is 6.07 Å². The molecule has 1 aliphatic rings. The highest BCUT2D eigenvalue weighted by molar-refractivity contribution is 7.19. The molecule has 3 heterocycles. The summed E-state index contributed by atoms with van der Waals surface area (Å²) in [7, 11) is 0. The van der Waals surface area contributed by atoms with Gasteiger partial charge in [-0.2, -0.15) is 0 Å². The van der Waals surface area contributed by atoms with Crippen molar-refractivity contribution in [2.24, 2.45) is 0 Å². The van der Waals surface area contributed by atoms with E-state index in [1.165, 1.54) is 28.8 Å². The van der Waals surface area contributed by atoms with E-state index in [1.54, 1.807) is 0 Å². The highest BCUT2D eigenvalue weighted by atomic mass is 35.5. The maximum atomic E-state index is 4.75. The van der Waals surface area contributed by atoms with Gasteiger partial charge in [-0.25, -0.2) is 9.97 Å². The van der Waals surface area contributed by atoms with E-state index in [4.69, 9.17) is 4.98 Å². The molecule has 5 heteroatoms. The third kappa shape index (κ3) is 3.32. The van der Waals surface area contributed by atoms with Gasteiger partial charge in [0.25, 0.3) is 0 Å². The number of aryl methyl sites for hydroxylation is 1. The minimum absolute atomic E-state index is 0. The molecule has 0 aliphatic carbocycles. The van der Waals surface area contributed by atoms with E-state index in [0.717, 1.165) is 30.2 Å². The molecule has 0 saturated carbocycles. The van der Waals surface area contributed by atoms with Crippen LogP contribution in [0.1, 0.15) is 50.7 Å². The molecule has 2 aromatic heterocycles. The smallest absolute Gasteiger partial charge is 0.150 e. The molecule has 116 valence electrons. The summed E-state index contributed by atoms with van der Waals surface area (Å²) >= 11 is 1.87. The van der Waals surface area contributed by atoms with Crippen molar-refractivity contribution < 1.29 is 0 Å². The van der Waals surface area contributed by atoms with Crippen molar-refractivity contribution in [3.05, 3.63) is 16.8 Å². The van der Waals surface area contributed by atoms with Gasteiger partial charge in [0.05, 0.1) is 10.2 Å². The number of thiophene rings is 1. The Balaban J connectivity index is 0.00000161. The van der Waals surface area contributed by atoms with Crippen molar-refractivity contribution in [3.63, 3.8) is 0 Å². The molecule has 0 bridgehead atoms. The SMILES string of the molecule is Cc1nc(N2CCCCC2)c2sc(C(C)(C)C)cc2n1.Cl. The lowest BCUT2D eigenvalue weighted by Gasteiger charge is -2.28. The average Bonchev–Trinajstić information content (AvgIpc) is 2.82. The second-order valence-electron chi connectivity index (χ2n) is 6.72. The van der Waals surface area contributed by atoms with Crippen LogP contribution in [-0.4, -0.2) is 23.1 Å². The summed E-state index contributed by atoms with van der Waals surface area (Å²) < 4.78 is 1.27. The summed E-state index contributed by atoms with van der Waals surface area (Å²) in [5.41, 5.74) is 1.30. The summed E-state index contributed by atoms with van der Waals surface area (Å²) in [6.45, 7) is 11.1. The maximum absolute atomic E-state index is 4.75. The molecule has 0 radical (unpaired) electrons. The summed E-state index contributed by atoms with van der Waals surface area (Å²) in [5.74, 6) is 2.05. The molecule has 2 aromatic rings. The minimum Gasteiger partial charge on any atom is -0.355 e. The second kappa shape index (κ2) is 6.09. The van der Waals surface area contributed by atoms with Gasteiger partial charge in [0.2, 0.25) is 0 Å². The Labute approximate surface area is 137 Å². The third-order valence-corrected chi connectivity index (χ3v) is 5.41. The van der Waals surface area contributed by atoms with Crippen LogP contribution in [-0.2, 0) is 5.41 Å². The van der Waals surface area contributed by atoms with Crippen LogP contribution in [0.2, 0.25) is 0 Å². The van der Waals surface area contributed by atoms with Crippen LogP contribution in [0.25, 0.3) is 10.2 Å². The molecule has 0 atom stereocenters. The Kier molecular flexibility index (Phi) is 4.79. The molecule has 1 fully saturated rings. The van der Waals surface area contributed by atoms with Gasteiger partial charge in [-0.3, -0.25) is 0 Å². The lowest BCUT2D eigenvalue weighted by Crippen LogP contribution is -2.30. The number of rotatable bonds is 1. The number of aromatic nitrogens is 2. The Morgan fingerprint density at radius 1 is 1.10 bits per heavy atom. The molecule has 1 aliphatic heterocycles. The zero-order valence-electron chi connectivity index (χ0n) is 13.3. The number of nitrogens with zero attached hydrogens (tertiary/aromatic N) is 3. The monoisotopic (exact) mass is 325 g/mol.